The summed E-state index contributed by atoms with van der Waals surface area (Å²) >= 11 is 12.8. The average Bonchev–Trinajstić information content (AvgIpc) is 3.10. The summed E-state index contributed by atoms with van der Waals surface area (Å²) in [6.45, 7) is 0. The number of hydrogen-bond acceptors (Lipinski definition) is 3. The van der Waals surface area contributed by atoms with E-state index >= 15 is 0 Å². The van der Waals surface area contributed by atoms with Gasteiger partial charge in [0.1, 0.15) is 11.7 Å². The molecule has 0 amide bonds. The van der Waals surface area contributed by atoms with Gasteiger partial charge in [0.05, 0.1) is 38.9 Å². The third kappa shape index (κ3) is 3.09. The van der Waals surface area contributed by atoms with Crippen LogP contribution >= 0.6 is 23.2 Å². The molecule has 0 saturated heterocycles. The van der Waals surface area contributed by atoms with E-state index in [4.69, 9.17) is 28.2 Å². The van der Waals surface area contributed by atoms with E-state index < -0.39 is 0 Å². The number of aliphatic imine (C=N–C) groups is 1. The number of hydrogen-bond donors (Lipinski definition) is 2. The lowest BCUT2D eigenvalue weighted by atomic mass is 10.0. The van der Waals surface area contributed by atoms with Crippen LogP contribution in [0.4, 0.5) is 15.8 Å². The summed E-state index contributed by atoms with van der Waals surface area (Å²) in [6.07, 6.45) is 1.68. The van der Waals surface area contributed by atoms with Crippen LogP contribution in [-0.4, -0.2) is 16.0 Å². The number of nitrogens with one attached hydrogen (secondary N) is 2. The summed E-state index contributed by atoms with van der Waals surface area (Å²) in [4.78, 5) is 4.80. The summed E-state index contributed by atoms with van der Waals surface area (Å²) in [7, 11) is 0. The number of H-pyrrole nitrogens is 1. The molecule has 3 aromatic carbocycles. The Hall–Kier alpha value is -3.15. The summed E-state index contributed by atoms with van der Waals surface area (Å²) in [5.41, 5.74) is 4.82. The monoisotopic (exact) mass is 422 g/mol. The Labute approximate surface area is 176 Å². The molecule has 1 aromatic heterocycles. The zero-order valence-corrected chi connectivity index (χ0v) is 16.4. The van der Waals surface area contributed by atoms with Crippen molar-refractivity contribution < 1.29 is 4.39 Å². The number of anilines is 1. The van der Waals surface area contributed by atoms with E-state index in [2.05, 4.69) is 15.5 Å². The molecule has 142 valence electrons. The maximum absolute atomic E-state index is 14.3. The van der Waals surface area contributed by atoms with Crippen molar-refractivity contribution in [2.45, 2.75) is 0 Å². The van der Waals surface area contributed by atoms with Gasteiger partial charge in [0.15, 0.2) is 0 Å². The van der Waals surface area contributed by atoms with E-state index in [0.717, 1.165) is 22.5 Å². The van der Waals surface area contributed by atoms with Crippen molar-refractivity contribution in [2.75, 3.05) is 5.32 Å². The first kappa shape index (κ1) is 17.9. The van der Waals surface area contributed by atoms with Crippen molar-refractivity contribution >= 4 is 40.4 Å². The lowest BCUT2D eigenvalue weighted by molar-refractivity contribution is 0.631. The minimum Gasteiger partial charge on any atom is -0.337 e. The summed E-state index contributed by atoms with van der Waals surface area (Å²) in [5.74, 6) is 0.201. The number of benzene rings is 3. The lowest BCUT2D eigenvalue weighted by Gasteiger charge is -2.11. The van der Waals surface area contributed by atoms with Gasteiger partial charge in [-0.3, -0.25) is 5.10 Å². The first-order chi connectivity index (χ1) is 14.1. The van der Waals surface area contributed by atoms with Gasteiger partial charge >= 0.3 is 0 Å². The van der Waals surface area contributed by atoms with Crippen molar-refractivity contribution in [3.63, 3.8) is 0 Å². The minimum atomic E-state index is -0.292. The Morgan fingerprint density at radius 2 is 1.66 bits per heavy atom. The fourth-order valence-electron chi connectivity index (χ4n) is 3.40. The molecule has 0 unspecified atom stereocenters. The molecule has 2 N–H and O–H groups in total. The molecule has 4 aromatic rings. The van der Waals surface area contributed by atoms with E-state index in [-0.39, 0.29) is 5.82 Å². The van der Waals surface area contributed by atoms with Gasteiger partial charge in [0, 0.05) is 11.1 Å². The zero-order valence-electron chi connectivity index (χ0n) is 14.9. The molecule has 0 spiro atoms. The third-order valence-electron chi connectivity index (χ3n) is 4.78. The molecule has 7 heteroatoms. The molecular weight excluding hydrogens is 410 g/mol. The van der Waals surface area contributed by atoms with Crippen molar-refractivity contribution in [3.05, 3.63) is 88.3 Å². The second-order valence-electron chi connectivity index (χ2n) is 6.55. The summed E-state index contributed by atoms with van der Waals surface area (Å²) in [5, 5.41) is 11.4. The van der Waals surface area contributed by atoms with Gasteiger partial charge in [-0.15, -0.1) is 0 Å². The lowest BCUT2D eigenvalue weighted by Crippen LogP contribution is -2.13. The number of fused-ring (bicyclic) bond motifs is 3. The molecule has 0 fully saturated rings. The van der Waals surface area contributed by atoms with Crippen molar-refractivity contribution in [1.29, 1.82) is 0 Å². The van der Waals surface area contributed by atoms with Crippen LogP contribution in [0.2, 0.25) is 10.0 Å². The Kier molecular flexibility index (Phi) is 4.34. The van der Waals surface area contributed by atoms with Crippen LogP contribution < -0.4 is 5.32 Å². The Bertz CT molecular complexity index is 1260. The number of aromatic nitrogens is 2. The van der Waals surface area contributed by atoms with Gasteiger partial charge in [-0.2, -0.15) is 5.10 Å². The van der Waals surface area contributed by atoms with Crippen molar-refractivity contribution in [1.82, 2.24) is 10.2 Å². The van der Waals surface area contributed by atoms with Gasteiger partial charge in [-0.1, -0.05) is 53.5 Å². The van der Waals surface area contributed by atoms with Gasteiger partial charge < -0.3 is 5.32 Å². The van der Waals surface area contributed by atoms with Crippen molar-refractivity contribution in [3.8, 4) is 22.4 Å². The van der Waals surface area contributed by atoms with E-state index in [1.807, 2.05) is 18.2 Å². The Morgan fingerprint density at radius 1 is 0.862 bits per heavy atom. The number of rotatable bonds is 2. The fourth-order valence-corrected chi connectivity index (χ4v) is 3.98. The molecule has 0 aliphatic carbocycles. The van der Waals surface area contributed by atoms with Gasteiger partial charge in [0.25, 0.3) is 0 Å². The molecule has 5 rings (SSSR count). The van der Waals surface area contributed by atoms with Crippen LogP contribution in [-0.2, 0) is 0 Å². The van der Waals surface area contributed by atoms with Crippen LogP contribution in [0.25, 0.3) is 22.4 Å². The first-order valence-electron chi connectivity index (χ1n) is 8.84. The fraction of sp³-hybridized carbons (Fsp3) is 0. The Balaban J connectivity index is 1.75. The highest BCUT2D eigenvalue weighted by atomic mass is 35.5. The van der Waals surface area contributed by atoms with Gasteiger partial charge in [-0.05, 0) is 35.9 Å². The van der Waals surface area contributed by atoms with Gasteiger partial charge in [0.2, 0.25) is 0 Å². The average molecular weight is 423 g/mol. The molecule has 0 saturated carbocycles. The SMILES string of the molecule is Fc1ccccc1-c1ccc2c(c1)N=C(c1c(Cl)cccc1Cl)Nc1cn[nH]c1-2. The minimum absolute atomic E-state index is 0.292. The standard InChI is InChI=1S/C22H13Cl2FN4/c23-15-5-3-6-16(24)20(15)22-27-18-10-12(13-4-1-2-7-17(13)25)8-9-14(18)21-19(28-22)11-26-29-21/h1-11H,(H,26,29)(H,27,28). The normalized spacial score (nSPS) is 12.4. The summed E-state index contributed by atoms with van der Waals surface area (Å²) < 4.78 is 14.3. The number of nitrogens with zero attached hydrogens (tertiary/aromatic N) is 2. The van der Waals surface area contributed by atoms with E-state index in [1.54, 1.807) is 42.6 Å². The maximum Gasteiger partial charge on any atom is 0.141 e. The number of amidine groups is 1. The first-order valence-corrected chi connectivity index (χ1v) is 9.60. The molecule has 1 aliphatic rings. The second kappa shape index (κ2) is 7.03. The Morgan fingerprint density at radius 3 is 2.45 bits per heavy atom. The summed E-state index contributed by atoms with van der Waals surface area (Å²) in [6, 6.07) is 17.5. The van der Waals surface area contributed by atoms with Crippen LogP contribution in [0, 0.1) is 5.82 Å². The molecule has 1 aliphatic heterocycles. The third-order valence-corrected chi connectivity index (χ3v) is 5.41. The van der Waals surface area contributed by atoms with E-state index in [9.17, 15) is 4.39 Å². The van der Waals surface area contributed by atoms with Crippen LogP contribution in [0.15, 0.2) is 71.9 Å². The second-order valence-corrected chi connectivity index (χ2v) is 7.37. The topological polar surface area (TPSA) is 53.1 Å². The molecule has 0 bridgehead atoms. The van der Waals surface area contributed by atoms with E-state index in [0.29, 0.717) is 32.7 Å². The highest BCUT2D eigenvalue weighted by molar-refractivity contribution is 6.41. The largest absolute Gasteiger partial charge is 0.337 e. The van der Waals surface area contributed by atoms with Crippen molar-refractivity contribution in [2.24, 2.45) is 4.99 Å². The predicted molar refractivity (Wildman–Crippen MR) is 116 cm³/mol. The van der Waals surface area contributed by atoms with Crippen LogP contribution in [0.5, 0.6) is 0 Å². The number of aromatic amines is 1. The highest BCUT2D eigenvalue weighted by Crippen LogP contribution is 2.40. The predicted octanol–water partition coefficient (Wildman–Crippen LogP) is 6.69. The highest BCUT2D eigenvalue weighted by Gasteiger charge is 2.22. The number of halogens is 3. The molecule has 4 nitrogen and oxygen atoms in total. The molecule has 2 heterocycles. The molecule has 29 heavy (non-hydrogen) atoms. The molecular formula is C22H13Cl2FN4. The van der Waals surface area contributed by atoms with Crippen LogP contribution in [0.1, 0.15) is 5.56 Å². The van der Waals surface area contributed by atoms with Gasteiger partial charge in [-0.25, -0.2) is 9.38 Å². The quantitative estimate of drug-likeness (QED) is 0.377. The van der Waals surface area contributed by atoms with E-state index in [1.165, 1.54) is 6.07 Å². The smallest absolute Gasteiger partial charge is 0.141 e. The molecule has 0 radical (unpaired) electrons. The maximum atomic E-state index is 14.3. The zero-order chi connectivity index (χ0) is 20.0. The molecule has 0 atom stereocenters. The van der Waals surface area contributed by atoms with Crippen LogP contribution in [0.3, 0.4) is 0 Å².